The molecule has 0 saturated heterocycles. The number of aryl methyl sites for hydroxylation is 1. The van der Waals surface area contributed by atoms with Gasteiger partial charge in [0.2, 0.25) is 0 Å². The van der Waals surface area contributed by atoms with Gasteiger partial charge in [0.1, 0.15) is 11.8 Å². The summed E-state index contributed by atoms with van der Waals surface area (Å²) in [7, 11) is 1.32. The largest absolute Gasteiger partial charge is 0.464 e. The van der Waals surface area contributed by atoms with E-state index >= 15 is 0 Å². The molecule has 0 spiro atoms. The molecule has 0 heterocycles. The lowest BCUT2D eigenvalue weighted by Gasteiger charge is -2.23. The minimum absolute atomic E-state index is 0.00882. The molecule has 5 nitrogen and oxygen atoms in total. The zero-order chi connectivity index (χ0) is 17.6. The lowest BCUT2D eigenvalue weighted by Crippen LogP contribution is -2.38. The molecule has 25 heavy (non-hydrogen) atoms. The van der Waals surface area contributed by atoms with Crippen LogP contribution in [0.3, 0.4) is 0 Å². The molecular formula is C20H20N2O3. The number of carbonyl (C=O) groups is 2. The van der Waals surface area contributed by atoms with Crippen molar-refractivity contribution in [3.63, 3.8) is 0 Å². The number of esters is 1. The third-order valence-electron chi connectivity index (χ3n) is 4.29. The van der Waals surface area contributed by atoms with Crippen LogP contribution in [-0.2, 0) is 22.4 Å². The summed E-state index contributed by atoms with van der Waals surface area (Å²) in [6.45, 7) is 0. The van der Waals surface area contributed by atoms with Crippen molar-refractivity contribution in [2.45, 2.75) is 25.3 Å². The van der Waals surface area contributed by atoms with Crippen LogP contribution in [0.5, 0.6) is 0 Å². The number of fused-ring (bicyclic) bond motifs is 1. The molecule has 0 amide bonds. The van der Waals surface area contributed by atoms with Crippen LogP contribution in [0, 0.1) is 0 Å². The highest BCUT2D eigenvalue weighted by atomic mass is 16.5. The SMILES string of the molecule is COC(=O)/C(Cc1ccccc1)=N/NC1CCc2ccccc2C1=O. The minimum Gasteiger partial charge on any atom is -0.464 e. The van der Waals surface area contributed by atoms with Gasteiger partial charge >= 0.3 is 5.97 Å². The molecule has 0 radical (unpaired) electrons. The third-order valence-corrected chi connectivity index (χ3v) is 4.29. The Labute approximate surface area is 146 Å². The number of benzene rings is 2. The van der Waals surface area contributed by atoms with Crippen molar-refractivity contribution >= 4 is 17.5 Å². The summed E-state index contributed by atoms with van der Waals surface area (Å²) in [4.78, 5) is 24.6. The summed E-state index contributed by atoms with van der Waals surface area (Å²) in [5.74, 6) is -0.491. The summed E-state index contributed by atoms with van der Waals surface area (Å²) < 4.78 is 4.81. The average Bonchev–Trinajstić information content (AvgIpc) is 2.67. The lowest BCUT2D eigenvalue weighted by atomic mass is 9.87. The smallest absolute Gasteiger partial charge is 0.354 e. The summed E-state index contributed by atoms with van der Waals surface area (Å²) in [6.07, 6.45) is 1.80. The standard InChI is InChI=1S/C20H20N2O3/c1-25-20(24)18(13-14-7-3-2-4-8-14)22-21-17-12-11-15-9-5-6-10-16(15)19(17)23/h2-10,17,21H,11-13H2,1H3/b22-18+. The Bertz CT molecular complexity index is 800. The van der Waals surface area contributed by atoms with Gasteiger partial charge in [-0.1, -0.05) is 54.6 Å². The van der Waals surface area contributed by atoms with E-state index in [1.54, 1.807) is 0 Å². The van der Waals surface area contributed by atoms with Gasteiger partial charge in [0.25, 0.3) is 0 Å². The Morgan fingerprint density at radius 1 is 1.16 bits per heavy atom. The van der Waals surface area contributed by atoms with E-state index in [9.17, 15) is 9.59 Å². The molecule has 2 aromatic carbocycles. The van der Waals surface area contributed by atoms with E-state index in [1.807, 2.05) is 54.6 Å². The molecule has 0 aliphatic heterocycles. The van der Waals surface area contributed by atoms with E-state index in [0.717, 1.165) is 23.1 Å². The van der Waals surface area contributed by atoms with Crippen LogP contribution in [-0.4, -0.2) is 30.6 Å². The van der Waals surface area contributed by atoms with Crippen molar-refractivity contribution in [2.75, 3.05) is 7.11 Å². The molecule has 1 atom stereocenters. The first-order chi connectivity index (χ1) is 12.2. The maximum absolute atomic E-state index is 12.6. The summed E-state index contributed by atoms with van der Waals surface area (Å²) in [5.41, 5.74) is 5.88. The predicted octanol–water partition coefficient (Wildman–Crippen LogP) is 2.55. The van der Waals surface area contributed by atoms with Gasteiger partial charge in [-0.3, -0.25) is 10.2 Å². The van der Waals surface area contributed by atoms with E-state index in [1.165, 1.54) is 7.11 Å². The average molecular weight is 336 g/mol. The first kappa shape index (κ1) is 16.9. The Morgan fingerprint density at radius 3 is 2.64 bits per heavy atom. The van der Waals surface area contributed by atoms with Crippen LogP contribution in [0.25, 0.3) is 0 Å². The highest BCUT2D eigenvalue weighted by molar-refractivity contribution is 6.36. The molecule has 128 valence electrons. The topological polar surface area (TPSA) is 67.8 Å². The predicted molar refractivity (Wildman–Crippen MR) is 95.6 cm³/mol. The molecule has 3 rings (SSSR count). The number of hydrazone groups is 1. The monoisotopic (exact) mass is 336 g/mol. The zero-order valence-electron chi connectivity index (χ0n) is 14.1. The normalized spacial score (nSPS) is 16.9. The highest BCUT2D eigenvalue weighted by Gasteiger charge is 2.27. The van der Waals surface area contributed by atoms with Crippen LogP contribution in [0.4, 0.5) is 0 Å². The minimum atomic E-state index is -0.500. The molecule has 1 N–H and O–H groups in total. The van der Waals surface area contributed by atoms with Crippen LogP contribution in [0.2, 0.25) is 0 Å². The van der Waals surface area contributed by atoms with Crippen LogP contribution >= 0.6 is 0 Å². The molecule has 5 heteroatoms. The number of rotatable bonds is 5. The Hall–Kier alpha value is -2.95. The number of carbonyl (C=O) groups excluding carboxylic acids is 2. The van der Waals surface area contributed by atoms with Crippen molar-refractivity contribution < 1.29 is 14.3 Å². The van der Waals surface area contributed by atoms with E-state index < -0.39 is 12.0 Å². The Kier molecular flexibility index (Phi) is 5.23. The zero-order valence-corrected chi connectivity index (χ0v) is 14.1. The van der Waals surface area contributed by atoms with Crippen LogP contribution in [0.1, 0.15) is 27.9 Å². The highest BCUT2D eigenvalue weighted by Crippen LogP contribution is 2.21. The van der Waals surface area contributed by atoms with Crippen molar-refractivity contribution in [2.24, 2.45) is 5.10 Å². The number of Topliss-reactive ketones (excluding diaryl/α,β-unsaturated/α-hetero) is 1. The third kappa shape index (κ3) is 3.94. The maximum Gasteiger partial charge on any atom is 0.354 e. The van der Waals surface area contributed by atoms with Gasteiger partial charge in [-0.05, 0) is 24.0 Å². The Balaban J connectivity index is 1.75. The molecule has 1 aliphatic rings. The van der Waals surface area contributed by atoms with Gasteiger partial charge in [-0.15, -0.1) is 0 Å². The van der Waals surface area contributed by atoms with Crippen molar-refractivity contribution in [3.05, 3.63) is 71.3 Å². The van der Waals surface area contributed by atoms with Crippen LogP contribution < -0.4 is 5.43 Å². The first-order valence-corrected chi connectivity index (χ1v) is 8.25. The van der Waals surface area contributed by atoms with Crippen molar-refractivity contribution in [1.82, 2.24) is 5.43 Å². The van der Waals surface area contributed by atoms with Crippen molar-refractivity contribution in [3.8, 4) is 0 Å². The second-order valence-electron chi connectivity index (χ2n) is 5.95. The van der Waals surface area contributed by atoms with Gasteiger partial charge in [-0.25, -0.2) is 4.79 Å². The number of methoxy groups -OCH3 is 1. The van der Waals surface area contributed by atoms with Gasteiger partial charge < -0.3 is 4.74 Å². The fourth-order valence-corrected chi connectivity index (χ4v) is 2.94. The molecule has 1 aliphatic carbocycles. The van der Waals surface area contributed by atoms with Gasteiger partial charge in [0, 0.05) is 12.0 Å². The lowest BCUT2D eigenvalue weighted by molar-refractivity contribution is -0.132. The maximum atomic E-state index is 12.6. The molecule has 2 aromatic rings. The van der Waals surface area contributed by atoms with Gasteiger partial charge in [0.15, 0.2) is 5.78 Å². The van der Waals surface area contributed by atoms with E-state index in [-0.39, 0.29) is 11.5 Å². The second kappa shape index (κ2) is 7.75. The fraction of sp³-hybridized carbons (Fsp3) is 0.250. The van der Waals surface area contributed by atoms with Crippen LogP contribution in [0.15, 0.2) is 59.7 Å². The number of nitrogens with zero attached hydrogens (tertiary/aromatic N) is 1. The van der Waals surface area contributed by atoms with Crippen molar-refractivity contribution in [1.29, 1.82) is 0 Å². The number of ether oxygens (including phenoxy) is 1. The molecule has 0 aromatic heterocycles. The van der Waals surface area contributed by atoms with E-state index in [2.05, 4.69) is 10.5 Å². The summed E-state index contributed by atoms with van der Waals surface area (Å²) >= 11 is 0. The van der Waals surface area contributed by atoms with Gasteiger partial charge in [-0.2, -0.15) is 5.10 Å². The number of nitrogens with one attached hydrogen (secondary N) is 1. The summed E-state index contributed by atoms with van der Waals surface area (Å²) in [5, 5.41) is 4.21. The van der Waals surface area contributed by atoms with E-state index in [0.29, 0.717) is 12.8 Å². The Morgan fingerprint density at radius 2 is 1.88 bits per heavy atom. The molecular weight excluding hydrogens is 316 g/mol. The number of hydrogen-bond acceptors (Lipinski definition) is 5. The fourth-order valence-electron chi connectivity index (χ4n) is 2.94. The summed E-state index contributed by atoms with van der Waals surface area (Å²) in [6, 6.07) is 16.7. The quantitative estimate of drug-likeness (QED) is 0.518. The number of ketones is 1. The molecule has 0 bridgehead atoms. The molecule has 0 fully saturated rings. The molecule has 0 saturated carbocycles. The number of hydrogen-bond donors (Lipinski definition) is 1. The van der Waals surface area contributed by atoms with E-state index in [4.69, 9.17) is 4.74 Å². The molecule has 1 unspecified atom stereocenters. The second-order valence-corrected chi connectivity index (χ2v) is 5.95. The first-order valence-electron chi connectivity index (χ1n) is 8.25. The van der Waals surface area contributed by atoms with Gasteiger partial charge in [0.05, 0.1) is 7.11 Å².